The van der Waals surface area contributed by atoms with E-state index < -0.39 is 42.0 Å². The summed E-state index contributed by atoms with van der Waals surface area (Å²) in [6.07, 6.45) is 2.66. The van der Waals surface area contributed by atoms with Crippen LogP contribution in [0.5, 0.6) is 0 Å². The molecule has 0 bridgehead atoms. The van der Waals surface area contributed by atoms with Gasteiger partial charge in [-0.2, -0.15) is 8.78 Å². The number of aliphatic hydroxyl groups excluding tert-OH is 2. The summed E-state index contributed by atoms with van der Waals surface area (Å²) in [7, 11) is 0. The van der Waals surface area contributed by atoms with Crippen molar-refractivity contribution in [1.29, 1.82) is 0 Å². The summed E-state index contributed by atoms with van der Waals surface area (Å²) >= 11 is 0. The van der Waals surface area contributed by atoms with Crippen LogP contribution in [0.1, 0.15) is 64.7 Å². The summed E-state index contributed by atoms with van der Waals surface area (Å²) in [5, 5.41) is 30.4. The van der Waals surface area contributed by atoms with E-state index in [1.807, 2.05) is 0 Å². The fourth-order valence-corrected chi connectivity index (χ4v) is 3.81. The second-order valence-corrected chi connectivity index (χ2v) is 7.64. The van der Waals surface area contributed by atoms with Crippen molar-refractivity contribution in [3.8, 4) is 11.8 Å². The third-order valence-electron chi connectivity index (χ3n) is 5.38. The van der Waals surface area contributed by atoms with Crippen LogP contribution in [0.4, 0.5) is 8.78 Å². The van der Waals surface area contributed by atoms with Crippen molar-refractivity contribution >= 4 is 5.97 Å². The van der Waals surface area contributed by atoms with Crippen molar-refractivity contribution in [2.24, 2.45) is 11.8 Å². The molecule has 5 atom stereocenters. The molecule has 0 aromatic heterocycles. The van der Waals surface area contributed by atoms with E-state index >= 15 is 0 Å². The van der Waals surface area contributed by atoms with Crippen molar-refractivity contribution in [3.05, 3.63) is 11.8 Å². The first kappa shape index (κ1) is 26.4. The molecule has 158 valence electrons. The first-order valence-electron chi connectivity index (χ1n) is 10.1. The van der Waals surface area contributed by atoms with E-state index in [9.17, 15) is 28.9 Å². The van der Waals surface area contributed by atoms with Crippen LogP contribution in [0.15, 0.2) is 11.8 Å². The van der Waals surface area contributed by atoms with Crippen LogP contribution >= 0.6 is 0 Å². The van der Waals surface area contributed by atoms with Crippen LogP contribution in [-0.4, -0.2) is 40.4 Å². The summed E-state index contributed by atoms with van der Waals surface area (Å²) in [6.45, 7) is 2.09. The molecule has 1 saturated heterocycles. The Bertz CT molecular complexity index is 628. The summed E-state index contributed by atoms with van der Waals surface area (Å²) in [6, 6.07) is 0. The number of aliphatic hydroxyl groups is 2. The molecule has 2 rings (SSSR count). The van der Waals surface area contributed by atoms with Gasteiger partial charge in [-0.1, -0.05) is 38.0 Å². The molecule has 0 spiro atoms. The van der Waals surface area contributed by atoms with Crippen LogP contribution in [0.2, 0.25) is 0 Å². The number of fused-ring (bicyclic) bond motifs is 1. The molecule has 1 heterocycles. The smallest absolute Gasteiger partial charge is 0.550 e. The number of rotatable bonds is 9. The molecule has 5 nitrogen and oxygen atoms in total. The van der Waals surface area contributed by atoms with Crippen molar-refractivity contribution in [1.82, 2.24) is 0 Å². The van der Waals surface area contributed by atoms with E-state index in [1.54, 1.807) is 6.08 Å². The minimum atomic E-state index is -3.42. The van der Waals surface area contributed by atoms with Gasteiger partial charge in [-0.3, -0.25) is 0 Å². The van der Waals surface area contributed by atoms with Gasteiger partial charge in [-0.15, -0.1) is 0 Å². The van der Waals surface area contributed by atoms with Gasteiger partial charge in [-0.25, -0.2) is 0 Å². The molecule has 1 aliphatic heterocycles. The maximum atomic E-state index is 14.4. The van der Waals surface area contributed by atoms with E-state index in [0.717, 1.165) is 25.7 Å². The molecular formula is C21H29F2NaO5. The first-order valence-corrected chi connectivity index (χ1v) is 10.1. The number of carboxylic acids is 1. The Kier molecular flexibility index (Phi) is 11.2. The molecule has 29 heavy (non-hydrogen) atoms. The van der Waals surface area contributed by atoms with Crippen LogP contribution < -0.4 is 34.7 Å². The zero-order valence-corrected chi connectivity index (χ0v) is 19.2. The number of allylic oxidation sites excluding steroid dienone is 2. The number of hydrogen-bond acceptors (Lipinski definition) is 5. The molecule has 2 fully saturated rings. The molecular weight excluding hydrogens is 393 g/mol. The van der Waals surface area contributed by atoms with Gasteiger partial charge in [-0.05, 0) is 38.2 Å². The number of carboxylic acid groups (broad SMARTS) is 1. The molecule has 0 amide bonds. The molecule has 8 heteroatoms. The summed E-state index contributed by atoms with van der Waals surface area (Å²) in [4.78, 5) is 10.4. The Balaban J connectivity index is 0.00000420. The monoisotopic (exact) mass is 422 g/mol. The minimum Gasteiger partial charge on any atom is -0.550 e. The predicted octanol–water partition coefficient (Wildman–Crippen LogP) is -0.840. The predicted molar refractivity (Wildman–Crippen MR) is 96.9 cm³/mol. The van der Waals surface area contributed by atoms with E-state index in [-0.39, 0.29) is 42.4 Å². The van der Waals surface area contributed by atoms with Crippen molar-refractivity contribution in [2.45, 2.75) is 88.9 Å². The zero-order chi connectivity index (χ0) is 20.7. The first-order chi connectivity index (χ1) is 13.3. The Morgan fingerprint density at radius 1 is 1.38 bits per heavy atom. The van der Waals surface area contributed by atoms with Gasteiger partial charge in [0.05, 0.1) is 11.7 Å². The van der Waals surface area contributed by atoms with Crippen LogP contribution in [0.3, 0.4) is 0 Å². The minimum absolute atomic E-state index is 0. The molecule has 1 aliphatic carbocycles. The van der Waals surface area contributed by atoms with Crippen molar-refractivity contribution < 1.29 is 63.2 Å². The van der Waals surface area contributed by atoms with E-state index in [4.69, 9.17) is 4.74 Å². The van der Waals surface area contributed by atoms with Gasteiger partial charge in [0.25, 0.3) is 0 Å². The maximum absolute atomic E-state index is 14.4. The largest absolute Gasteiger partial charge is 1.00 e. The fraction of sp³-hybridized carbons (Fsp3) is 0.762. The van der Waals surface area contributed by atoms with Gasteiger partial charge < -0.3 is 24.9 Å². The zero-order valence-electron chi connectivity index (χ0n) is 17.2. The number of ether oxygens (including phenoxy) is 1. The fourth-order valence-electron chi connectivity index (χ4n) is 3.81. The van der Waals surface area contributed by atoms with E-state index in [1.165, 1.54) is 0 Å². The molecule has 0 aromatic carbocycles. The number of halogens is 2. The number of aliphatic carboxylic acids is 1. The maximum Gasteiger partial charge on any atom is 1.00 e. The van der Waals surface area contributed by atoms with Crippen molar-refractivity contribution in [3.63, 3.8) is 0 Å². The summed E-state index contributed by atoms with van der Waals surface area (Å²) in [5.74, 6) is -0.513. The number of unbranched alkanes of at least 4 members (excludes halogenated alkanes) is 4. The SMILES string of the molecule is CCCCCC[C@H](O)C#C[C@@H]1[C@H]2C/C(=C/CCCC(=O)[O-])OC2C(F)(F)[C@H]1O.[Na+]. The van der Waals surface area contributed by atoms with Gasteiger partial charge in [0.1, 0.15) is 12.2 Å². The third-order valence-corrected chi connectivity index (χ3v) is 5.38. The Labute approximate surface area is 193 Å². The number of hydrogen-bond donors (Lipinski definition) is 2. The van der Waals surface area contributed by atoms with Crippen molar-refractivity contribution in [2.75, 3.05) is 0 Å². The van der Waals surface area contributed by atoms with Gasteiger partial charge in [0.15, 0.2) is 6.10 Å². The van der Waals surface area contributed by atoms with Gasteiger partial charge in [0.2, 0.25) is 0 Å². The quantitative estimate of drug-likeness (QED) is 0.287. The molecule has 1 saturated carbocycles. The number of carbonyl (C=O) groups excluding carboxylic acids is 1. The second-order valence-electron chi connectivity index (χ2n) is 7.64. The Hall–Kier alpha value is -0.650. The summed E-state index contributed by atoms with van der Waals surface area (Å²) < 4.78 is 34.2. The molecule has 2 N–H and O–H groups in total. The topological polar surface area (TPSA) is 89.8 Å². The van der Waals surface area contributed by atoms with Crippen LogP contribution in [0.25, 0.3) is 0 Å². The van der Waals surface area contributed by atoms with Gasteiger partial charge in [0, 0.05) is 18.3 Å². The molecule has 1 unspecified atom stereocenters. The van der Waals surface area contributed by atoms with Crippen LogP contribution in [-0.2, 0) is 9.53 Å². The average Bonchev–Trinajstić information content (AvgIpc) is 3.13. The molecule has 2 aliphatic rings. The standard InChI is InChI=1S/C21H30F2O5.Na/c1-2-3-4-5-8-14(24)11-12-16-17-13-15(9-6-7-10-18(25)26)28-20(17)21(22,23)19(16)27;/h9,14,16-17,19-20,24,27H,2-8,10,13H2,1H3,(H,25,26);/q;+1/p-1/b15-9-;/t14-,16+,17+,19-,20?;/m0./s1. The van der Waals surface area contributed by atoms with Gasteiger partial charge >= 0.3 is 35.5 Å². The molecule has 0 aromatic rings. The Morgan fingerprint density at radius 3 is 2.76 bits per heavy atom. The van der Waals surface area contributed by atoms with E-state index in [2.05, 4.69) is 18.8 Å². The summed E-state index contributed by atoms with van der Waals surface area (Å²) in [5.41, 5.74) is 0. The third kappa shape index (κ3) is 7.22. The number of carbonyl (C=O) groups is 1. The molecule has 0 radical (unpaired) electrons. The normalized spacial score (nSPS) is 29.3. The average molecular weight is 422 g/mol. The second kappa shape index (κ2) is 12.3. The van der Waals surface area contributed by atoms with Crippen LogP contribution in [0, 0.1) is 23.7 Å². The van der Waals surface area contributed by atoms with E-state index in [0.29, 0.717) is 25.0 Å². The number of alkyl halides is 2. The Morgan fingerprint density at radius 2 is 2.10 bits per heavy atom.